The number of pyridine rings is 1. The second kappa shape index (κ2) is 4.91. The molecule has 0 aliphatic heterocycles. The van der Waals surface area contributed by atoms with E-state index in [1.54, 1.807) is 18.2 Å². The zero-order valence-corrected chi connectivity index (χ0v) is 13.3. The third-order valence-electron chi connectivity index (χ3n) is 4.82. The quantitative estimate of drug-likeness (QED) is 0.399. The first kappa shape index (κ1) is 14.2. The lowest BCUT2D eigenvalue weighted by atomic mass is 9.96. The first-order chi connectivity index (χ1) is 12.2. The number of para-hydroxylation sites is 1. The van der Waals surface area contributed by atoms with Crippen molar-refractivity contribution >= 4 is 43.5 Å². The fourth-order valence-corrected chi connectivity index (χ4v) is 3.74. The lowest BCUT2D eigenvalue weighted by Gasteiger charge is -2.13. The van der Waals surface area contributed by atoms with Gasteiger partial charge >= 0.3 is 0 Å². The Labute approximate surface area is 141 Å². The zero-order valence-electron chi connectivity index (χ0n) is 13.3. The van der Waals surface area contributed by atoms with Crippen LogP contribution in [0, 0.1) is 0 Å². The van der Waals surface area contributed by atoms with E-state index in [1.165, 1.54) is 4.57 Å². The van der Waals surface area contributed by atoms with Crippen LogP contribution in [0.25, 0.3) is 43.5 Å². The van der Waals surface area contributed by atoms with Gasteiger partial charge in [-0.25, -0.2) is 0 Å². The summed E-state index contributed by atoms with van der Waals surface area (Å²) in [5, 5.41) is 4.47. The van der Waals surface area contributed by atoms with Gasteiger partial charge in [0.05, 0.1) is 0 Å². The van der Waals surface area contributed by atoms with Gasteiger partial charge in [0.1, 0.15) is 11.2 Å². The molecule has 0 aliphatic rings. The van der Waals surface area contributed by atoms with Gasteiger partial charge in [-0.3, -0.25) is 14.2 Å². The summed E-state index contributed by atoms with van der Waals surface area (Å²) < 4.78 is 7.24. The van der Waals surface area contributed by atoms with Crippen molar-refractivity contribution in [2.24, 2.45) is 5.73 Å². The predicted octanol–water partition coefficient (Wildman–Crippen LogP) is 2.81. The Hall–Kier alpha value is -3.18. The largest absolute Gasteiger partial charge is 0.456 e. The zero-order chi connectivity index (χ0) is 17.1. The van der Waals surface area contributed by atoms with E-state index in [2.05, 4.69) is 0 Å². The number of hydrogen-bond acceptors (Lipinski definition) is 4. The topological polar surface area (TPSA) is 78.2 Å². The molecule has 5 rings (SSSR count). The molecule has 122 valence electrons. The molecular weight excluding hydrogens is 316 g/mol. The normalized spacial score (nSPS) is 12.0. The molecule has 0 fully saturated rings. The number of fused-ring (bicyclic) bond motifs is 2. The molecule has 0 bridgehead atoms. The molecule has 2 N–H and O–H groups in total. The van der Waals surface area contributed by atoms with Crippen LogP contribution in [0.3, 0.4) is 0 Å². The van der Waals surface area contributed by atoms with Crippen LogP contribution in [-0.2, 0) is 6.54 Å². The van der Waals surface area contributed by atoms with Crippen molar-refractivity contribution in [3.8, 4) is 0 Å². The minimum atomic E-state index is -0.300. The molecule has 0 radical (unpaired) electrons. The van der Waals surface area contributed by atoms with Crippen molar-refractivity contribution in [2.45, 2.75) is 6.54 Å². The van der Waals surface area contributed by atoms with Crippen LogP contribution in [0.4, 0.5) is 0 Å². The maximum atomic E-state index is 12.8. The lowest BCUT2D eigenvalue weighted by molar-refractivity contribution is 0.661. The molecule has 5 aromatic rings. The van der Waals surface area contributed by atoms with Gasteiger partial charge in [0.2, 0.25) is 0 Å². The smallest absolute Gasteiger partial charge is 0.261 e. The number of hydrogen-bond donors (Lipinski definition) is 1. The summed E-state index contributed by atoms with van der Waals surface area (Å²) >= 11 is 0. The van der Waals surface area contributed by atoms with Crippen LogP contribution < -0.4 is 16.9 Å². The molecular formula is C20H14N2O3. The fourth-order valence-electron chi connectivity index (χ4n) is 3.74. The van der Waals surface area contributed by atoms with E-state index in [0.717, 1.165) is 21.7 Å². The first-order valence-corrected chi connectivity index (χ1v) is 8.14. The van der Waals surface area contributed by atoms with Crippen LogP contribution in [0.2, 0.25) is 0 Å². The Balaban J connectivity index is 2.13. The summed E-state index contributed by atoms with van der Waals surface area (Å²) in [7, 11) is 0. The summed E-state index contributed by atoms with van der Waals surface area (Å²) in [6.07, 6.45) is 0. The van der Waals surface area contributed by atoms with E-state index in [-0.39, 0.29) is 24.2 Å². The highest BCUT2D eigenvalue weighted by molar-refractivity contribution is 6.26. The van der Waals surface area contributed by atoms with Crippen LogP contribution in [0.5, 0.6) is 0 Å². The highest BCUT2D eigenvalue weighted by atomic mass is 16.3. The Kier molecular flexibility index (Phi) is 2.79. The van der Waals surface area contributed by atoms with E-state index in [4.69, 9.17) is 10.2 Å². The SMILES string of the molecule is NCCn1c(=O)c2ccc3oc4ccccc4c4ccc(c1=O)c2c34. The Bertz CT molecular complexity index is 1360. The molecule has 2 aromatic heterocycles. The molecule has 0 spiro atoms. The van der Waals surface area contributed by atoms with Crippen molar-refractivity contribution in [2.75, 3.05) is 6.54 Å². The monoisotopic (exact) mass is 330 g/mol. The number of benzene rings is 3. The van der Waals surface area contributed by atoms with Gasteiger partial charge in [0, 0.05) is 40.0 Å². The summed E-state index contributed by atoms with van der Waals surface area (Å²) in [6.45, 7) is 0.448. The minimum Gasteiger partial charge on any atom is -0.456 e. The van der Waals surface area contributed by atoms with Crippen molar-refractivity contribution in [1.29, 1.82) is 0 Å². The molecule has 0 saturated heterocycles. The van der Waals surface area contributed by atoms with E-state index in [9.17, 15) is 9.59 Å². The predicted molar refractivity (Wildman–Crippen MR) is 99.5 cm³/mol. The van der Waals surface area contributed by atoms with Crippen molar-refractivity contribution < 1.29 is 4.42 Å². The molecule has 0 amide bonds. The average Bonchev–Trinajstić information content (AvgIpc) is 2.64. The van der Waals surface area contributed by atoms with Gasteiger partial charge < -0.3 is 10.2 Å². The molecule has 0 atom stereocenters. The van der Waals surface area contributed by atoms with Crippen LogP contribution in [-0.4, -0.2) is 11.1 Å². The second-order valence-electron chi connectivity index (χ2n) is 6.17. The van der Waals surface area contributed by atoms with Crippen LogP contribution in [0.15, 0.2) is 62.5 Å². The van der Waals surface area contributed by atoms with Gasteiger partial charge in [-0.05, 0) is 29.7 Å². The highest BCUT2D eigenvalue weighted by Crippen LogP contribution is 2.36. The van der Waals surface area contributed by atoms with Crippen LogP contribution >= 0.6 is 0 Å². The summed E-state index contributed by atoms with van der Waals surface area (Å²) in [6, 6.07) is 15.0. The van der Waals surface area contributed by atoms with Gasteiger partial charge in [0.15, 0.2) is 0 Å². The first-order valence-electron chi connectivity index (χ1n) is 8.14. The van der Waals surface area contributed by atoms with E-state index in [1.807, 2.05) is 30.3 Å². The van der Waals surface area contributed by atoms with Crippen molar-refractivity contribution in [3.63, 3.8) is 0 Å². The van der Waals surface area contributed by atoms with Crippen LogP contribution in [0.1, 0.15) is 0 Å². The molecule has 0 aliphatic carbocycles. The summed E-state index contributed by atoms with van der Waals surface area (Å²) in [5.74, 6) is 0. The molecule has 5 heteroatoms. The fraction of sp³-hybridized carbons (Fsp3) is 0.100. The lowest BCUT2D eigenvalue weighted by Crippen LogP contribution is -2.35. The van der Waals surface area contributed by atoms with Crippen molar-refractivity contribution in [3.05, 3.63) is 69.2 Å². The van der Waals surface area contributed by atoms with Gasteiger partial charge in [-0.15, -0.1) is 0 Å². The Morgan fingerprint density at radius 3 is 2.20 bits per heavy atom. The maximum absolute atomic E-state index is 12.8. The summed E-state index contributed by atoms with van der Waals surface area (Å²) in [5.41, 5.74) is 6.41. The molecule has 0 unspecified atom stereocenters. The van der Waals surface area contributed by atoms with Gasteiger partial charge in [-0.1, -0.05) is 24.3 Å². The van der Waals surface area contributed by atoms with E-state index >= 15 is 0 Å². The second-order valence-corrected chi connectivity index (χ2v) is 6.17. The third-order valence-corrected chi connectivity index (χ3v) is 4.82. The van der Waals surface area contributed by atoms with Gasteiger partial charge in [0.25, 0.3) is 11.1 Å². The molecule has 0 saturated carbocycles. The molecule has 2 heterocycles. The number of nitrogens with two attached hydrogens (primary N) is 1. The number of nitrogens with zero attached hydrogens (tertiary/aromatic N) is 1. The Morgan fingerprint density at radius 1 is 0.760 bits per heavy atom. The molecule has 5 nitrogen and oxygen atoms in total. The van der Waals surface area contributed by atoms with E-state index in [0.29, 0.717) is 21.7 Å². The maximum Gasteiger partial charge on any atom is 0.261 e. The number of rotatable bonds is 2. The summed E-state index contributed by atoms with van der Waals surface area (Å²) in [4.78, 5) is 25.6. The molecule has 3 aromatic carbocycles. The molecule has 25 heavy (non-hydrogen) atoms. The number of aromatic nitrogens is 1. The third kappa shape index (κ3) is 1.76. The van der Waals surface area contributed by atoms with Crippen molar-refractivity contribution in [1.82, 2.24) is 4.57 Å². The Morgan fingerprint density at radius 2 is 1.44 bits per heavy atom. The van der Waals surface area contributed by atoms with E-state index < -0.39 is 0 Å². The average molecular weight is 330 g/mol. The highest BCUT2D eigenvalue weighted by Gasteiger charge is 2.18. The minimum absolute atomic E-state index is 0.210. The standard InChI is InChI=1S/C20H14N2O3/c21-9-10-22-19(23)13-6-5-12-11-3-1-2-4-15(11)25-16-8-7-14(20(22)24)17(13)18(12)16/h1-8H,9-10,21H2. The van der Waals surface area contributed by atoms with Gasteiger partial charge in [-0.2, -0.15) is 0 Å².